The molecule has 1 amide bonds. The summed E-state index contributed by atoms with van der Waals surface area (Å²) < 4.78 is 32.9. The highest BCUT2D eigenvalue weighted by molar-refractivity contribution is 6.31. The van der Waals surface area contributed by atoms with Crippen molar-refractivity contribution in [3.05, 3.63) is 88.8 Å². The third kappa shape index (κ3) is 4.33. The molecule has 4 rings (SSSR count). The second-order valence-electron chi connectivity index (χ2n) is 6.20. The molecule has 0 saturated carbocycles. The Morgan fingerprint density at radius 1 is 1.10 bits per heavy atom. The van der Waals surface area contributed by atoms with E-state index in [1.54, 1.807) is 16.9 Å². The number of hydrogen-bond acceptors (Lipinski definition) is 4. The molecule has 0 saturated heterocycles. The molecule has 4 aromatic rings. The lowest BCUT2D eigenvalue weighted by molar-refractivity contribution is 0.101. The standard InChI is InChI=1S/C20H13ClF2N4O2/c21-17-7-15(23)6-3-13(17)10-27-11-16(9-24-27)25-20(28)18-8-19(29-26-18)12-1-4-14(22)5-2-12/h1-9,11H,10H2,(H,25,28). The van der Waals surface area contributed by atoms with Crippen LogP contribution in [0.5, 0.6) is 0 Å². The van der Waals surface area contributed by atoms with Gasteiger partial charge in [0.25, 0.3) is 5.91 Å². The number of carbonyl (C=O) groups excluding carboxylic acids is 1. The van der Waals surface area contributed by atoms with Crippen LogP contribution in [-0.4, -0.2) is 20.8 Å². The minimum atomic E-state index is -0.485. The first-order chi connectivity index (χ1) is 14.0. The molecule has 0 bridgehead atoms. The van der Waals surface area contributed by atoms with Crippen molar-refractivity contribution >= 4 is 23.2 Å². The summed E-state index contributed by atoms with van der Waals surface area (Å²) in [5.74, 6) is -0.928. The molecule has 0 radical (unpaired) electrons. The molecule has 29 heavy (non-hydrogen) atoms. The van der Waals surface area contributed by atoms with Crippen LogP contribution in [0.2, 0.25) is 5.02 Å². The predicted molar refractivity (Wildman–Crippen MR) is 103 cm³/mol. The van der Waals surface area contributed by atoms with Crippen molar-refractivity contribution in [2.45, 2.75) is 6.54 Å². The molecule has 9 heteroatoms. The Kier molecular flexibility index (Phi) is 5.09. The van der Waals surface area contributed by atoms with Crippen LogP contribution >= 0.6 is 11.6 Å². The summed E-state index contributed by atoms with van der Waals surface area (Å²) in [4.78, 5) is 12.4. The fourth-order valence-corrected chi connectivity index (χ4v) is 2.89. The van der Waals surface area contributed by atoms with Crippen molar-refractivity contribution in [3.63, 3.8) is 0 Å². The first-order valence-corrected chi connectivity index (χ1v) is 8.86. The van der Waals surface area contributed by atoms with Crippen LogP contribution < -0.4 is 5.32 Å². The second kappa shape index (κ2) is 7.84. The van der Waals surface area contributed by atoms with Gasteiger partial charge in [0, 0.05) is 22.8 Å². The molecule has 2 heterocycles. The highest BCUT2D eigenvalue weighted by atomic mass is 35.5. The number of nitrogens with one attached hydrogen (secondary N) is 1. The summed E-state index contributed by atoms with van der Waals surface area (Å²) in [6, 6.07) is 11.2. The van der Waals surface area contributed by atoms with Crippen molar-refractivity contribution in [1.82, 2.24) is 14.9 Å². The van der Waals surface area contributed by atoms with Crippen molar-refractivity contribution in [2.75, 3.05) is 5.32 Å². The molecule has 2 aromatic carbocycles. The predicted octanol–water partition coefficient (Wildman–Crippen LogP) is 4.77. The van der Waals surface area contributed by atoms with E-state index in [9.17, 15) is 13.6 Å². The highest BCUT2D eigenvalue weighted by Crippen LogP contribution is 2.22. The van der Waals surface area contributed by atoms with Crippen molar-refractivity contribution in [1.29, 1.82) is 0 Å². The van der Waals surface area contributed by atoms with Gasteiger partial charge in [-0.05, 0) is 42.0 Å². The third-order valence-corrected chi connectivity index (χ3v) is 4.46. The second-order valence-corrected chi connectivity index (χ2v) is 6.61. The molecule has 6 nitrogen and oxygen atoms in total. The van der Waals surface area contributed by atoms with E-state index < -0.39 is 11.7 Å². The number of aromatic nitrogens is 3. The molecule has 1 N–H and O–H groups in total. The van der Waals surface area contributed by atoms with Crippen molar-refractivity contribution in [3.8, 4) is 11.3 Å². The van der Waals surface area contributed by atoms with Crippen LogP contribution in [0.4, 0.5) is 14.5 Å². The van der Waals surface area contributed by atoms with Gasteiger partial charge in [-0.3, -0.25) is 9.48 Å². The maximum atomic E-state index is 13.1. The minimum absolute atomic E-state index is 0.0682. The molecular formula is C20H13ClF2N4O2. The maximum Gasteiger partial charge on any atom is 0.277 e. The molecule has 0 aliphatic heterocycles. The van der Waals surface area contributed by atoms with Crippen LogP contribution in [0.3, 0.4) is 0 Å². The fraction of sp³-hybridized carbons (Fsp3) is 0.0500. The van der Waals surface area contributed by atoms with Crippen molar-refractivity contribution in [2.24, 2.45) is 0 Å². The minimum Gasteiger partial charge on any atom is -0.355 e. The van der Waals surface area contributed by atoms with E-state index in [4.69, 9.17) is 16.1 Å². The summed E-state index contributed by atoms with van der Waals surface area (Å²) in [6.07, 6.45) is 3.08. The summed E-state index contributed by atoms with van der Waals surface area (Å²) in [7, 11) is 0. The smallest absolute Gasteiger partial charge is 0.277 e. The van der Waals surface area contributed by atoms with Crippen LogP contribution in [0.25, 0.3) is 11.3 Å². The number of amides is 1. The maximum absolute atomic E-state index is 13.1. The monoisotopic (exact) mass is 414 g/mol. The van der Waals surface area contributed by atoms with E-state index in [1.807, 2.05) is 0 Å². The lowest BCUT2D eigenvalue weighted by atomic mass is 10.1. The van der Waals surface area contributed by atoms with E-state index in [0.717, 1.165) is 0 Å². The molecule has 0 unspecified atom stereocenters. The normalized spacial score (nSPS) is 10.9. The van der Waals surface area contributed by atoms with E-state index in [2.05, 4.69) is 15.6 Å². The molecule has 0 atom stereocenters. The highest BCUT2D eigenvalue weighted by Gasteiger charge is 2.15. The Bertz CT molecular complexity index is 1170. The molecule has 2 aromatic heterocycles. The Balaban J connectivity index is 1.43. The first-order valence-electron chi connectivity index (χ1n) is 8.48. The molecule has 0 spiro atoms. The van der Waals surface area contributed by atoms with E-state index >= 15 is 0 Å². The first kappa shape index (κ1) is 18.8. The zero-order chi connectivity index (χ0) is 20.4. The largest absolute Gasteiger partial charge is 0.355 e. The van der Waals surface area contributed by atoms with Gasteiger partial charge in [0.15, 0.2) is 11.5 Å². The summed E-state index contributed by atoms with van der Waals surface area (Å²) in [6.45, 7) is 0.313. The Hall–Kier alpha value is -3.52. The Morgan fingerprint density at radius 2 is 1.86 bits per heavy atom. The molecular weight excluding hydrogens is 402 g/mol. The number of carbonyl (C=O) groups is 1. The van der Waals surface area contributed by atoms with E-state index in [1.165, 1.54) is 48.7 Å². The van der Waals surface area contributed by atoms with Gasteiger partial charge < -0.3 is 9.84 Å². The fourth-order valence-electron chi connectivity index (χ4n) is 2.67. The lowest BCUT2D eigenvalue weighted by Crippen LogP contribution is -2.11. The van der Waals surface area contributed by atoms with Gasteiger partial charge in [0.2, 0.25) is 0 Å². The number of benzene rings is 2. The van der Waals surface area contributed by atoms with E-state index in [-0.39, 0.29) is 11.5 Å². The van der Waals surface area contributed by atoms with Gasteiger partial charge in [-0.25, -0.2) is 8.78 Å². The Morgan fingerprint density at radius 3 is 2.62 bits per heavy atom. The SMILES string of the molecule is O=C(Nc1cnn(Cc2ccc(F)cc2Cl)c1)c1cc(-c2ccc(F)cc2)on1. The molecule has 0 aliphatic carbocycles. The number of rotatable bonds is 5. The molecule has 0 aliphatic rings. The van der Waals surface area contributed by atoms with Gasteiger partial charge in [0.05, 0.1) is 18.4 Å². The summed E-state index contributed by atoms with van der Waals surface area (Å²) in [5, 5.41) is 10.9. The van der Waals surface area contributed by atoms with Gasteiger partial charge in [-0.2, -0.15) is 5.10 Å². The number of halogens is 3. The van der Waals surface area contributed by atoms with Crippen LogP contribution in [0.15, 0.2) is 65.4 Å². The zero-order valence-electron chi connectivity index (χ0n) is 14.8. The van der Waals surface area contributed by atoms with Gasteiger partial charge in [-0.1, -0.05) is 22.8 Å². The van der Waals surface area contributed by atoms with Gasteiger partial charge in [0.1, 0.15) is 11.6 Å². The van der Waals surface area contributed by atoms with Gasteiger partial charge in [-0.15, -0.1) is 0 Å². The third-order valence-electron chi connectivity index (χ3n) is 4.11. The zero-order valence-corrected chi connectivity index (χ0v) is 15.5. The number of hydrogen-bond donors (Lipinski definition) is 1. The van der Waals surface area contributed by atoms with Crippen molar-refractivity contribution < 1.29 is 18.1 Å². The summed E-state index contributed by atoms with van der Waals surface area (Å²) in [5.41, 5.74) is 1.80. The average molecular weight is 415 g/mol. The Labute approximate surface area is 168 Å². The van der Waals surface area contributed by atoms with Crippen LogP contribution in [-0.2, 0) is 6.54 Å². The van der Waals surface area contributed by atoms with Gasteiger partial charge >= 0.3 is 0 Å². The number of nitrogens with zero attached hydrogens (tertiary/aromatic N) is 3. The van der Waals surface area contributed by atoms with Crippen LogP contribution in [0, 0.1) is 11.6 Å². The molecule has 146 valence electrons. The van der Waals surface area contributed by atoms with E-state index in [0.29, 0.717) is 34.1 Å². The molecule has 0 fully saturated rings. The lowest BCUT2D eigenvalue weighted by Gasteiger charge is -2.04. The summed E-state index contributed by atoms with van der Waals surface area (Å²) >= 11 is 6.02. The average Bonchev–Trinajstić information content (AvgIpc) is 3.34. The number of anilines is 1. The topological polar surface area (TPSA) is 73.0 Å². The quantitative estimate of drug-likeness (QED) is 0.510. The van der Waals surface area contributed by atoms with Crippen LogP contribution in [0.1, 0.15) is 16.1 Å².